The quantitative estimate of drug-likeness (QED) is 0.844. The number of rotatable bonds is 4. The van der Waals surface area contributed by atoms with Crippen LogP contribution >= 0.6 is 27.5 Å². The second-order valence-electron chi connectivity index (χ2n) is 3.05. The van der Waals surface area contributed by atoms with E-state index in [0.29, 0.717) is 11.1 Å². The lowest BCUT2D eigenvalue weighted by Crippen LogP contribution is -2.15. The molecule has 1 unspecified atom stereocenters. The molecule has 0 radical (unpaired) electrons. The lowest BCUT2D eigenvalue weighted by molar-refractivity contribution is 0.806. The molecule has 1 atom stereocenters. The van der Waals surface area contributed by atoms with E-state index in [9.17, 15) is 0 Å². The van der Waals surface area contributed by atoms with Crippen LogP contribution in [0.2, 0.25) is 5.02 Å². The van der Waals surface area contributed by atoms with E-state index in [1.807, 2.05) is 12.1 Å². The van der Waals surface area contributed by atoms with Gasteiger partial charge >= 0.3 is 0 Å². The topological polar surface area (TPSA) is 24.9 Å². The standard InChI is InChI=1S/C10H12BrClN2/c1-3-4-7(2)14-10-9(11)5-8(12)6-13-10/h3,5-7H,1,4H2,2H3,(H,13,14). The number of pyridine rings is 1. The van der Waals surface area contributed by atoms with Gasteiger partial charge in [-0.1, -0.05) is 17.7 Å². The number of nitrogens with one attached hydrogen (secondary N) is 1. The van der Waals surface area contributed by atoms with Crippen LogP contribution in [0.1, 0.15) is 13.3 Å². The molecule has 1 aromatic heterocycles. The van der Waals surface area contributed by atoms with E-state index in [1.54, 1.807) is 6.20 Å². The summed E-state index contributed by atoms with van der Waals surface area (Å²) < 4.78 is 0.876. The Morgan fingerprint density at radius 2 is 2.50 bits per heavy atom. The van der Waals surface area contributed by atoms with Gasteiger partial charge in [0.25, 0.3) is 0 Å². The molecule has 0 saturated heterocycles. The predicted octanol–water partition coefficient (Wildman–Crippen LogP) is 3.87. The van der Waals surface area contributed by atoms with Gasteiger partial charge in [-0.25, -0.2) is 4.98 Å². The van der Waals surface area contributed by atoms with Crippen molar-refractivity contribution in [2.45, 2.75) is 19.4 Å². The average Bonchev–Trinajstić information content (AvgIpc) is 2.10. The fourth-order valence-electron chi connectivity index (χ4n) is 1.06. The molecule has 0 aliphatic carbocycles. The molecule has 0 spiro atoms. The molecule has 4 heteroatoms. The summed E-state index contributed by atoms with van der Waals surface area (Å²) >= 11 is 9.17. The summed E-state index contributed by atoms with van der Waals surface area (Å²) in [4.78, 5) is 4.18. The van der Waals surface area contributed by atoms with Crippen molar-refractivity contribution >= 4 is 33.3 Å². The van der Waals surface area contributed by atoms with Crippen LogP contribution in [0.4, 0.5) is 5.82 Å². The zero-order chi connectivity index (χ0) is 10.6. The Morgan fingerprint density at radius 1 is 1.79 bits per heavy atom. The third-order valence-electron chi connectivity index (χ3n) is 1.71. The van der Waals surface area contributed by atoms with Gasteiger partial charge in [-0.3, -0.25) is 0 Å². The molecule has 0 saturated carbocycles. The molecule has 0 fully saturated rings. The van der Waals surface area contributed by atoms with Crippen molar-refractivity contribution in [3.8, 4) is 0 Å². The molecule has 0 amide bonds. The molecule has 1 heterocycles. The van der Waals surface area contributed by atoms with Crippen LogP contribution < -0.4 is 5.32 Å². The van der Waals surface area contributed by atoms with Gasteiger partial charge < -0.3 is 5.32 Å². The van der Waals surface area contributed by atoms with Gasteiger partial charge in [0, 0.05) is 12.2 Å². The third kappa shape index (κ3) is 3.31. The minimum absolute atomic E-state index is 0.317. The smallest absolute Gasteiger partial charge is 0.140 e. The first kappa shape index (κ1) is 11.5. The Labute approximate surface area is 97.5 Å². The summed E-state index contributed by atoms with van der Waals surface area (Å²) in [5.41, 5.74) is 0. The van der Waals surface area contributed by atoms with Crippen LogP contribution in [0.25, 0.3) is 0 Å². The Kier molecular flexibility index (Phi) is 4.42. The zero-order valence-electron chi connectivity index (χ0n) is 7.93. The maximum atomic E-state index is 5.78. The van der Waals surface area contributed by atoms with Crippen molar-refractivity contribution in [3.63, 3.8) is 0 Å². The van der Waals surface area contributed by atoms with Gasteiger partial charge in [0.2, 0.25) is 0 Å². The molecule has 0 aromatic carbocycles. The Morgan fingerprint density at radius 3 is 3.07 bits per heavy atom. The molecule has 0 aliphatic rings. The van der Waals surface area contributed by atoms with Crippen LogP contribution in [-0.4, -0.2) is 11.0 Å². The second kappa shape index (κ2) is 5.37. The van der Waals surface area contributed by atoms with Crippen LogP contribution in [0.5, 0.6) is 0 Å². The maximum Gasteiger partial charge on any atom is 0.140 e. The van der Waals surface area contributed by atoms with Crippen molar-refractivity contribution in [2.24, 2.45) is 0 Å². The van der Waals surface area contributed by atoms with E-state index < -0.39 is 0 Å². The highest BCUT2D eigenvalue weighted by Crippen LogP contribution is 2.23. The van der Waals surface area contributed by atoms with Crippen molar-refractivity contribution in [2.75, 3.05) is 5.32 Å². The second-order valence-corrected chi connectivity index (χ2v) is 4.34. The summed E-state index contributed by atoms with van der Waals surface area (Å²) in [6, 6.07) is 2.13. The van der Waals surface area contributed by atoms with Gasteiger partial charge in [0.05, 0.1) is 9.50 Å². The summed E-state index contributed by atoms with van der Waals surface area (Å²) in [6.07, 6.45) is 4.40. The van der Waals surface area contributed by atoms with Crippen molar-refractivity contribution in [3.05, 3.63) is 34.4 Å². The number of hydrogen-bond donors (Lipinski definition) is 1. The van der Waals surface area contributed by atoms with Crippen molar-refractivity contribution in [1.82, 2.24) is 4.98 Å². The molecule has 1 aromatic rings. The molecular formula is C10H12BrClN2. The van der Waals surface area contributed by atoms with Crippen molar-refractivity contribution < 1.29 is 0 Å². The fourth-order valence-corrected chi connectivity index (χ4v) is 1.82. The van der Waals surface area contributed by atoms with Crippen LogP contribution in [0.15, 0.2) is 29.4 Å². The molecule has 14 heavy (non-hydrogen) atoms. The SMILES string of the molecule is C=CCC(C)Nc1ncc(Cl)cc1Br. The lowest BCUT2D eigenvalue weighted by atomic mass is 10.2. The highest BCUT2D eigenvalue weighted by Gasteiger charge is 2.05. The summed E-state index contributed by atoms with van der Waals surface area (Å²) in [7, 11) is 0. The minimum atomic E-state index is 0.317. The summed E-state index contributed by atoms with van der Waals surface area (Å²) in [5.74, 6) is 0.809. The van der Waals surface area contributed by atoms with E-state index in [0.717, 1.165) is 16.7 Å². The highest BCUT2D eigenvalue weighted by atomic mass is 79.9. The number of hydrogen-bond acceptors (Lipinski definition) is 2. The van der Waals surface area contributed by atoms with Gasteiger partial charge in [0.15, 0.2) is 0 Å². The van der Waals surface area contributed by atoms with Crippen molar-refractivity contribution in [1.29, 1.82) is 0 Å². The molecule has 1 N–H and O–H groups in total. The predicted molar refractivity (Wildman–Crippen MR) is 64.8 cm³/mol. The van der Waals surface area contributed by atoms with E-state index in [-0.39, 0.29) is 0 Å². The normalized spacial score (nSPS) is 12.2. The first-order valence-corrected chi connectivity index (χ1v) is 5.49. The first-order chi connectivity index (χ1) is 6.63. The fraction of sp³-hybridized carbons (Fsp3) is 0.300. The lowest BCUT2D eigenvalue weighted by Gasteiger charge is -2.13. The minimum Gasteiger partial charge on any atom is -0.366 e. The molecule has 0 bridgehead atoms. The largest absolute Gasteiger partial charge is 0.366 e. The number of halogens is 2. The molecule has 76 valence electrons. The molecule has 2 nitrogen and oxygen atoms in total. The molecule has 0 aliphatic heterocycles. The van der Waals surface area contributed by atoms with E-state index in [4.69, 9.17) is 11.6 Å². The van der Waals surface area contributed by atoms with E-state index >= 15 is 0 Å². The van der Waals surface area contributed by atoms with Gasteiger partial charge in [-0.2, -0.15) is 0 Å². The van der Waals surface area contributed by atoms with Gasteiger partial charge in [-0.05, 0) is 35.3 Å². The Bertz CT molecular complexity index is 328. The average molecular weight is 276 g/mol. The Balaban J connectivity index is 2.71. The van der Waals surface area contributed by atoms with Crippen LogP contribution in [0, 0.1) is 0 Å². The van der Waals surface area contributed by atoms with Gasteiger partial charge in [0.1, 0.15) is 5.82 Å². The molecule has 1 rings (SSSR count). The molecular weight excluding hydrogens is 263 g/mol. The van der Waals surface area contributed by atoms with Crippen LogP contribution in [0.3, 0.4) is 0 Å². The zero-order valence-corrected chi connectivity index (χ0v) is 10.3. The Hall–Kier alpha value is -0.540. The maximum absolute atomic E-state index is 5.78. The first-order valence-electron chi connectivity index (χ1n) is 4.32. The highest BCUT2D eigenvalue weighted by molar-refractivity contribution is 9.10. The monoisotopic (exact) mass is 274 g/mol. The van der Waals surface area contributed by atoms with E-state index in [1.165, 1.54) is 0 Å². The number of nitrogens with zero attached hydrogens (tertiary/aromatic N) is 1. The third-order valence-corrected chi connectivity index (χ3v) is 2.52. The summed E-state index contributed by atoms with van der Waals surface area (Å²) in [6.45, 7) is 5.76. The van der Waals surface area contributed by atoms with Gasteiger partial charge in [-0.15, -0.1) is 6.58 Å². The van der Waals surface area contributed by atoms with Crippen LogP contribution in [-0.2, 0) is 0 Å². The number of aromatic nitrogens is 1. The number of anilines is 1. The van der Waals surface area contributed by atoms with E-state index in [2.05, 4.69) is 39.7 Å². The summed E-state index contributed by atoms with van der Waals surface area (Å²) in [5, 5.41) is 3.87.